The Morgan fingerprint density at radius 1 is 1.17 bits per heavy atom. The molecule has 0 unspecified atom stereocenters. The van der Waals surface area contributed by atoms with Gasteiger partial charge in [-0.15, -0.1) is 0 Å². The largest absolute Gasteiger partial charge is 0.354 e. The maximum Gasteiger partial charge on any atom is 0.354 e. The summed E-state index contributed by atoms with van der Waals surface area (Å²) in [6, 6.07) is 8.53. The molecule has 1 aromatic carbocycles. The number of rotatable bonds is 2. The topological polar surface area (TPSA) is 58.2 Å². The Bertz CT molecular complexity index is 871. The van der Waals surface area contributed by atoms with Crippen molar-refractivity contribution in [1.29, 1.82) is 0 Å². The Kier molecular flexibility index (Phi) is 3.44. The summed E-state index contributed by atoms with van der Waals surface area (Å²) in [4.78, 5) is 25.9. The summed E-state index contributed by atoms with van der Waals surface area (Å²) in [6.07, 6.45) is -0.258. The fourth-order valence-electron chi connectivity index (χ4n) is 3.37. The van der Waals surface area contributed by atoms with E-state index in [4.69, 9.17) is 4.74 Å². The van der Waals surface area contributed by atoms with Crippen LogP contribution in [-0.4, -0.2) is 20.0 Å². The molecule has 0 radical (unpaired) electrons. The summed E-state index contributed by atoms with van der Waals surface area (Å²) < 4.78 is 10.0. The van der Waals surface area contributed by atoms with Gasteiger partial charge < -0.3 is 4.74 Å². The number of nitrogens with zero attached hydrogens (tertiary/aromatic N) is 3. The van der Waals surface area contributed by atoms with Crippen molar-refractivity contribution in [2.24, 2.45) is 0 Å². The van der Waals surface area contributed by atoms with Crippen molar-refractivity contribution in [3.05, 3.63) is 63.5 Å². The minimum Gasteiger partial charge on any atom is -0.349 e. The van der Waals surface area contributed by atoms with Crippen LogP contribution in [0.2, 0.25) is 0 Å². The van der Waals surface area contributed by atoms with E-state index in [2.05, 4.69) is 6.58 Å². The van der Waals surface area contributed by atoms with Gasteiger partial charge in [-0.1, -0.05) is 30.4 Å². The van der Waals surface area contributed by atoms with Gasteiger partial charge in [0, 0.05) is 0 Å². The number of hydrogen-bond acceptors (Lipinski definition) is 3. The molecule has 0 N–H and O–H groups in total. The Morgan fingerprint density at radius 3 is 2.35 bits per heavy atom. The first-order valence-electron chi connectivity index (χ1n) is 7.61. The molecule has 1 aliphatic rings. The molecule has 2 aromatic rings. The Labute approximate surface area is 134 Å². The average Bonchev–Trinajstić information content (AvgIpc) is 2.71. The molecule has 0 aliphatic carbocycles. The second-order valence-corrected chi connectivity index (χ2v) is 6.45. The van der Waals surface area contributed by atoms with Crippen LogP contribution < -0.4 is 11.4 Å². The molecule has 0 fully saturated rings. The predicted molar refractivity (Wildman–Crippen MR) is 88.0 cm³/mol. The van der Waals surface area contributed by atoms with E-state index in [1.165, 1.54) is 13.9 Å². The van der Waals surface area contributed by atoms with Gasteiger partial charge >= 0.3 is 11.4 Å². The molecule has 3 rings (SSSR count). The first-order chi connectivity index (χ1) is 10.8. The molecule has 6 nitrogen and oxygen atoms in total. The third-order valence-corrected chi connectivity index (χ3v) is 4.19. The maximum atomic E-state index is 13.0. The fourth-order valence-corrected chi connectivity index (χ4v) is 3.37. The normalized spacial score (nSPS) is 22.6. The maximum absolute atomic E-state index is 13.0. The molecule has 2 atom stereocenters. The molecule has 0 amide bonds. The lowest BCUT2D eigenvalue weighted by molar-refractivity contribution is -0.177. The molecule has 1 aliphatic heterocycles. The minimum absolute atomic E-state index is 0.258. The van der Waals surface area contributed by atoms with Gasteiger partial charge in [0.15, 0.2) is 5.72 Å². The van der Waals surface area contributed by atoms with Crippen LogP contribution in [0.25, 0.3) is 5.69 Å². The molecule has 0 saturated heterocycles. The third kappa shape index (κ3) is 2.21. The standard InChI is InChI=1S/C17H21N3O3/c1-11(2)14-12(3)23-17(4,5)20-16(22)18(15(21)19(14)20)13-9-7-6-8-10-13/h6-10,12,14H,1H2,2-5H3/t12-,14-/m0/s1. The summed E-state index contributed by atoms with van der Waals surface area (Å²) in [5, 5.41) is 0. The third-order valence-electron chi connectivity index (χ3n) is 4.19. The smallest absolute Gasteiger partial charge is 0.349 e. The van der Waals surface area contributed by atoms with E-state index in [-0.39, 0.29) is 17.8 Å². The van der Waals surface area contributed by atoms with E-state index in [1.807, 2.05) is 19.9 Å². The molecule has 0 spiro atoms. The van der Waals surface area contributed by atoms with Crippen LogP contribution in [0.1, 0.15) is 33.7 Å². The molecule has 6 heteroatoms. The highest BCUT2D eigenvalue weighted by Crippen LogP contribution is 2.32. The molecule has 1 aromatic heterocycles. The molecular weight excluding hydrogens is 294 g/mol. The van der Waals surface area contributed by atoms with Crippen molar-refractivity contribution in [2.45, 2.75) is 45.6 Å². The van der Waals surface area contributed by atoms with Crippen molar-refractivity contribution in [1.82, 2.24) is 13.9 Å². The lowest BCUT2D eigenvalue weighted by Crippen LogP contribution is -2.53. The first-order valence-corrected chi connectivity index (χ1v) is 7.61. The van der Waals surface area contributed by atoms with E-state index in [9.17, 15) is 9.59 Å². The predicted octanol–water partition coefficient (Wildman–Crippen LogP) is 2.03. The van der Waals surface area contributed by atoms with E-state index >= 15 is 0 Å². The van der Waals surface area contributed by atoms with Gasteiger partial charge in [-0.2, -0.15) is 4.68 Å². The fraction of sp³-hybridized carbons (Fsp3) is 0.412. The van der Waals surface area contributed by atoms with Crippen molar-refractivity contribution < 1.29 is 4.74 Å². The van der Waals surface area contributed by atoms with Crippen molar-refractivity contribution in [3.63, 3.8) is 0 Å². The second kappa shape index (κ2) is 5.09. The van der Waals surface area contributed by atoms with Crippen LogP contribution >= 0.6 is 0 Å². The van der Waals surface area contributed by atoms with Gasteiger partial charge in [0.2, 0.25) is 0 Å². The summed E-state index contributed by atoms with van der Waals surface area (Å²) in [7, 11) is 0. The van der Waals surface area contributed by atoms with Gasteiger partial charge in [-0.05, 0) is 39.8 Å². The Morgan fingerprint density at radius 2 is 1.78 bits per heavy atom. The quantitative estimate of drug-likeness (QED) is 0.797. The summed E-state index contributed by atoms with van der Waals surface area (Å²) in [6.45, 7) is 11.3. The summed E-state index contributed by atoms with van der Waals surface area (Å²) in [5.74, 6) is 0. The lowest BCUT2D eigenvalue weighted by Gasteiger charge is -2.41. The van der Waals surface area contributed by atoms with Crippen LogP contribution in [0.5, 0.6) is 0 Å². The van der Waals surface area contributed by atoms with Gasteiger partial charge in [0.05, 0.1) is 11.8 Å². The number of ether oxygens (including phenoxy) is 1. The first kappa shape index (κ1) is 15.6. The van der Waals surface area contributed by atoms with E-state index in [0.29, 0.717) is 5.69 Å². The van der Waals surface area contributed by atoms with E-state index in [1.54, 1.807) is 38.1 Å². The lowest BCUT2D eigenvalue weighted by atomic mass is 10.0. The van der Waals surface area contributed by atoms with Crippen molar-refractivity contribution in [2.75, 3.05) is 0 Å². The van der Waals surface area contributed by atoms with Crippen molar-refractivity contribution in [3.8, 4) is 5.69 Å². The SMILES string of the molecule is C=C(C)[C@H]1[C@H](C)OC(C)(C)n2c(=O)n(-c3ccccc3)c(=O)n21. The van der Waals surface area contributed by atoms with Gasteiger partial charge in [-0.25, -0.2) is 18.8 Å². The monoisotopic (exact) mass is 315 g/mol. The minimum atomic E-state index is -0.915. The number of para-hydroxylation sites is 1. The highest BCUT2D eigenvalue weighted by molar-refractivity contribution is 5.30. The zero-order chi connectivity index (χ0) is 16.9. The zero-order valence-electron chi connectivity index (χ0n) is 13.8. The van der Waals surface area contributed by atoms with Crippen LogP contribution in [0.4, 0.5) is 0 Å². The molecule has 2 heterocycles. The van der Waals surface area contributed by atoms with Gasteiger partial charge in [-0.3, -0.25) is 0 Å². The highest BCUT2D eigenvalue weighted by atomic mass is 16.5. The summed E-state index contributed by atoms with van der Waals surface area (Å²) >= 11 is 0. The van der Waals surface area contributed by atoms with E-state index < -0.39 is 11.4 Å². The van der Waals surface area contributed by atoms with E-state index in [0.717, 1.165) is 5.57 Å². The van der Waals surface area contributed by atoms with Crippen LogP contribution in [0, 0.1) is 0 Å². The van der Waals surface area contributed by atoms with Crippen LogP contribution in [0.15, 0.2) is 52.1 Å². The highest BCUT2D eigenvalue weighted by Gasteiger charge is 2.42. The number of benzene rings is 1. The zero-order valence-corrected chi connectivity index (χ0v) is 13.8. The number of hydrogen-bond donors (Lipinski definition) is 0. The molecular formula is C17H21N3O3. The van der Waals surface area contributed by atoms with Crippen LogP contribution in [-0.2, 0) is 10.5 Å². The number of fused-ring (bicyclic) bond motifs is 1. The Hall–Kier alpha value is -2.34. The molecule has 23 heavy (non-hydrogen) atoms. The average molecular weight is 315 g/mol. The van der Waals surface area contributed by atoms with Gasteiger partial charge in [0.25, 0.3) is 0 Å². The van der Waals surface area contributed by atoms with Gasteiger partial charge in [0.1, 0.15) is 6.04 Å². The molecule has 0 bridgehead atoms. The number of aromatic nitrogens is 3. The van der Waals surface area contributed by atoms with Crippen molar-refractivity contribution >= 4 is 0 Å². The molecule has 122 valence electrons. The molecule has 0 saturated carbocycles. The Balaban J connectivity index is 2.39. The second-order valence-electron chi connectivity index (χ2n) is 6.45. The summed E-state index contributed by atoms with van der Waals surface area (Å²) in [5.41, 5.74) is -0.390. The van der Waals surface area contributed by atoms with Crippen LogP contribution in [0.3, 0.4) is 0 Å².